The summed E-state index contributed by atoms with van der Waals surface area (Å²) in [5.41, 5.74) is 6.08. The van der Waals surface area contributed by atoms with Crippen LogP contribution < -0.4 is 9.21 Å². The fraction of sp³-hybridized carbons (Fsp3) is 0.435. The second-order valence-electron chi connectivity index (χ2n) is 8.15. The lowest BCUT2D eigenvalue weighted by atomic mass is 10.1. The maximum absolute atomic E-state index is 13.0. The van der Waals surface area contributed by atoms with Gasteiger partial charge in [-0.25, -0.2) is 8.42 Å². The van der Waals surface area contributed by atoms with E-state index in [1.165, 1.54) is 21.1 Å². The van der Waals surface area contributed by atoms with E-state index in [4.69, 9.17) is 0 Å². The van der Waals surface area contributed by atoms with Crippen LogP contribution in [-0.2, 0) is 14.8 Å². The van der Waals surface area contributed by atoms with Crippen molar-refractivity contribution >= 4 is 27.3 Å². The van der Waals surface area contributed by atoms with Crippen molar-refractivity contribution in [1.29, 1.82) is 0 Å². The SMILES string of the molecule is Cc1ccc(C)c(N(CC(=O)N2CCN(c3cccc(C)c3C)CC2)S(C)(=O)=O)c1. The van der Waals surface area contributed by atoms with Crippen LogP contribution >= 0.6 is 0 Å². The summed E-state index contributed by atoms with van der Waals surface area (Å²) in [7, 11) is -3.58. The molecule has 6 nitrogen and oxygen atoms in total. The molecule has 3 rings (SSSR count). The lowest BCUT2D eigenvalue weighted by Gasteiger charge is -2.38. The Morgan fingerprint density at radius 3 is 2.27 bits per heavy atom. The quantitative estimate of drug-likeness (QED) is 0.733. The minimum atomic E-state index is -3.58. The Bertz CT molecular complexity index is 1040. The van der Waals surface area contributed by atoms with Gasteiger partial charge < -0.3 is 9.80 Å². The van der Waals surface area contributed by atoms with Crippen molar-refractivity contribution in [3.8, 4) is 0 Å². The van der Waals surface area contributed by atoms with Gasteiger partial charge in [0.25, 0.3) is 0 Å². The summed E-state index contributed by atoms with van der Waals surface area (Å²) in [6.45, 7) is 10.5. The van der Waals surface area contributed by atoms with Crippen LogP contribution in [0.25, 0.3) is 0 Å². The average Bonchev–Trinajstić information content (AvgIpc) is 2.69. The molecule has 1 heterocycles. The zero-order chi connectivity index (χ0) is 22.1. The minimum absolute atomic E-state index is 0.165. The normalized spacial score (nSPS) is 14.7. The Morgan fingerprint density at radius 1 is 0.967 bits per heavy atom. The Morgan fingerprint density at radius 2 is 1.63 bits per heavy atom. The topological polar surface area (TPSA) is 60.9 Å². The zero-order valence-electron chi connectivity index (χ0n) is 18.5. The summed E-state index contributed by atoms with van der Waals surface area (Å²) in [6.07, 6.45) is 1.15. The summed E-state index contributed by atoms with van der Waals surface area (Å²) in [5, 5.41) is 0. The highest BCUT2D eigenvalue weighted by Gasteiger charge is 2.27. The Balaban J connectivity index is 1.72. The maximum atomic E-state index is 13.0. The van der Waals surface area contributed by atoms with Crippen molar-refractivity contribution in [2.24, 2.45) is 0 Å². The molecule has 0 spiro atoms. The van der Waals surface area contributed by atoms with Gasteiger partial charge in [0.1, 0.15) is 6.54 Å². The predicted octanol–water partition coefficient (Wildman–Crippen LogP) is 3.04. The summed E-state index contributed by atoms with van der Waals surface area (Å²) in [6, 6.07) is 11.9. The summed E-state index contributed by atoms with van der Waals surface area (Å²) in [4.78, 5) is 17.1. The Labute approximate surface area is 180 Å². The van der Waals surface area contributed by atoms with Crippen molar-refractivity contribution in [1.82, 2.24) is 4.90 Å². The van der Waals surface area contributed by atoms with E-state index in [-0.39, 0.29) is 12.5 Å². The van der Waals surface area contributed by atoms with Gasteiger partial charge in [0, 0.05) is 31.9 Å². The molecule has 1 saturated heterocycles. The standard InChI is InChI=1S/C23H31N3O3S/c1-17-9-10-19(3)22(15-17)26(30(5,28)29)16-23(27)25-13-11-24(12-14-25)21-8-6-7-18(2)20(21)4/h6-10,15H,11-14,16H2,1-5H3. The number of aryl methyl sites for hydroxylation is 3. The first-order valence-electron chi connectivity index (χ1n) is 10.2. The first-order valence-corrected chi connectivity index (χ1v) is 12.1. The highest BCUT2D eigenvalue weighted by atomic mass is 32.2. The average molecular weight is 430 g/mol. The van der Waals surface area contributed by atoms with Crippen molar-refractivity contribution in [3.05, 3.63) is 58.7 Å². The number of anilines is 2. The summed E-state index contributed by atoms with van der Waals surface area (Å²) < 4.78 is 26.2. The second kappa shape index (κ2) is 8.68. The van der Waals surface area contributed by atoms with Crippen LogP contribution in [-0.4, -0.2) is 58.2 Å². The van der Waals surface area contributed by atoms with E-state index < -0.39 is 10.0 Å². The molecule has 0 N–H and O–H groups in total. The van der Waals surface area contributed by atoms with Gasteiger partial charge in [-0.3, -0.25) is 9.10 Å². The molecule has 162 valence electrons. The largest absolute Gasteiger partial charge is 0.368 e. The van der Waals surface area contributed by atoms with E-state index in [2.05, 4.69) is 36.9 Å². The molecule has 0 aromatic heterocycles. The van der Waals surface area contributed by atoms with Crippen LogP contribution in [0.15, 0.2) is 36.4 Å². The number of nitrogens with zero attached hydrogens (tertiary/aromatic N) is 3. The first kappa shape index (κ1) is 22.2. The highest BCUT2D eigenvalue weighted by Crippen LogP contribution is 2.26. The lowest BCUT2D eigenvalue weighted by Crippen LogP contribution is -2.52. The van der Waals surface area contributed by atoms with Crippen LogP contribution in [0.4, 0.5) is 11.4 Å². The third-order valence-electron chi connectivity index (χ3n) is 5.86. The summed E-state index contributed by atoms with van der Waals surface area (Å²) >= 11 is 0. The van der Waals surface area contributed by atoms with Gasteiger partial charge in [-0.2, -0.15) is 0 Å². The number of amides is 1. The number of sulfonamides is 1. The number of rotatable bonds is 5. The number of hydrogen-bond acceptors (Lipinski definition) is 4. The Hall–Kier alpha value is -2.54. The van der Waals surface area contributed by atoms with Crippen molar-refractivity contribution in [2.45, 2.75) is 27.7 Å². The molecule has 0 bridgehead atoms. The van der Waals surface area contributed by atoms with E-state index >= 15 is 0 Å². The van der Waals surface area contributed by atoms with Gasteiger partial charge in [-0.1, -0.05) is 24.3 Å². The molecule has 2 aromatic carbocycles. The van der Waals surface area contributed by atoms with Crippen LogP contribution in [0.2, 0.25) is 0 Å². The number of hydrogen-bond donors (Lipinski definition) is 0. The molecule has 0 saturated carbocycles. The number of piperazine rings is 1. The molecule has 1 aliphatic heterocycles. The first-order chi connectivity index (χ1) is 14.1. The molecule has 1 fully saturated rings. The summed E-state index contributed by atoms with van der Waals surface area (Å²) in [5.74, 6) is -0.165. The van der Waals surface area contributed by atoms with Crippen LogP contribution in [0.5, 0.6) is 0 Å². The van der Waals surface area contributed by atoms with Gasteiger partial charge in [0.05, 0.1) is 11.9 Å². The molecule has 1 amide bonds. The van der Waals surface area contributed by atoms with E-state index in [0.717, 1.165) is 30.5 Å². The molecule has 0 aliphatic carbocycles. The molecule has 2 aromatic rings. The zero-order valence-corrected chi connectivity index (χ0v) is 19.3. The smallest absolute Gasteiger partial charge is 0.243 e. The molecule has 0 unspecified atom stereocenters. The molecule has 30 heavy (non-hydrogen) atoms. The van der Waals surface area contributed by atoms with Crippen molar-refractivity contribution < 1.29 is 13.2 Å². The van der Waals surface area contributed by atoms with E-state index in [1.54, 1.807) is 4.90 Å². The third kappa shape index (κ3) is 4.78. The van der Waals surface area contributed by atoms with Crippen LogP contribution in [0.3, 0.4) is 0 Å². The monoisotopic (exact) mass is 429 g/mol. The van der Waals surface area contributed by atoms with Gasteiger partial charge in [-0.05, 0) is 62.1 Å². The van der Waals surface area contributed by atoms with E-state index in [9.17, 15) is 13.2 Å². The van der Waals surface area contributed by atoms with Crippen LogP contribution in [0.1, 0.15) is 22.3 Å². The molecule has 0 radical (unpaired) electrons. The molecule has 7 heteroatoms. The van der Waals surface area contributed by atoms with Crippen molar-refractivity contribution in [2.75, 3.05) is 48.2 Å². The Kier molecular flexibility index (Phi) is 6.41. The number of carbonyl (C=O) groups excluding carboxylic acids is 1. The van der Waals surface area contributed by atoms with Gasteiger partial charge >= 0.3 is 0 Å². The second-order valence-corrected chi connectivity index (χ2v) is 10.1. The third-order valence-corrected chi connectivity index (χ3v) is 6.99. The highest BCUT2D eigenvalue weighted by molar-refractivity contribution is 7.92. The molecular formula is C23H31N3O3S. The van der Waals surface area contributed by atoms with E-state index in [1.807, 2.05) is 32.0 Å². The van der Waals surface area contributed by atoms with Gasteiger partial charge in [-0.15, -0.1) is 0 Å². The minimum Gasteiger partial charge on any atom is -0.368 e. The van der Waals surface area contributed by atoms with Gasteiger partial charge in [0.15, 0.2) is 0 Å². The maximum Gasteiger partial charge on any atom is 0.243 e. The fourth-order valence-corrected chi connectivity index (χ4v) is 4.77. The molecule has 0 atom stereocenters. The number of carbonyl (C=O) groups is 1. The fourth-order valence-electron chi connectivity index (χ4n) is 3.87. The number of benzene rings is 2. The van der Waals surface area contributed by atoms with E-state index in [0.29, 0.717) is 18.8 Å². The van der Waals surface area contributed by atoms with Crippen molar-refractivity contribution in [3.63, 3.8) is 0 Å². The predicted molar refractivity (Wildman–Crippen MR) is 123 cm³/mol. The lowest BCUT2D eigenvalue weighted by molar-refractivity contribution is -0.129. The molecular weight excluding hydrogens is 398 g/mol. The van der Waals surface area contributed by atoms with Crippen LogP contribution in [0, 0.1) is 27.7 Å². The van der Waals surface area contributed by atoms with Gasteiger partial charge in [0.2, 0.25) is 15.9 Å². The molecule has 1 aliphatic rings.